The van der Waals surface area contributed by atoms with E-state index in [4.69, 9.17) is 5.73 Å². The fourth-order valence-corrected chi connectivity index (χ4v) is 2.07. The SMILES string of the molecule is CC(C)N(CCn1cc(N)cn1)Cc1ccccc1. The lowest BCUT2D eigenvalue weighted by atomic mass is 10.2. The van der Waals surface area contributed by atoms with Crippen molar-refractivity contribution in [2.45, 2.75) is 33.0 Å². The predicted octanol–water partition coefficient (Wildman–Crippen LogP) is 2.38. The van der Waals surface area contributed by atoms with Crippen LogP contribution in [-0.4, -0.2) is 27.3 Å². The van der Waals surface area contributed by atoms with Gasteiger partial charge in [-0.05, 0) is 19.4 Å². The van der Waals surface area contributed by atoms with Gasteiger partial charge in [-0.1, -0.05) is 30.3 Å². The fourth-order valence-electron chi connectivity index (χ4n) is 2.07. The van der Waals surface area contributed by atoms with Gasteiger partial charge in [0, 0.05) is 25.3 Å². The van der Waals surface area contributed by atoms with E-state index in [0.717, 1.165) is 25.3 Å². The molecule has 102 valence electrons. The standard InChI is InChI=1S/C15H22N4/c1-13(2)18(11-14-6-4-3-5-7-14)8-9-19-12-15(16)10-17-19/h3-7,10,12-13H,8-9,11,16H2,1-2H3. The highest BCUT2D eigenvalue weighted by molar-refractivity contribution is 5.30. The average Bonchev–Trinajstić information content (AvgIpc) is 2.81. The fraction of sp³-hybridized carbons (Fsp3) is 0.400. The smallest absolute Gasteiger partial charge is 0.0719 e. The molecular formula is C15H22N4. The molecule has 1 heterocycles. The lowest BCUT2D eigenvalue weighted by Crippen LogP contribution is -2.33. The molecule has 0 saturated heterocycles. The van der Waals surface area contributed by atoms with Crippen LogP contribution in [0.4, 0.5) is 5.69 Å². The van der Waals surface area contributed by atoms with Crippen LogP contribution in [-0.2, 0) is 13.1 Å². The Morgan fingerprint density at radius 3 is 2.58 bits per heavy atom. The molecule has 2 N–H and O–H groups in total. The number of benzene rings is 1. The third-order valence-electron chi connectivity index (χ3n) is 3.23. The Labute approximate surface area is 114 Å². The monoisotopic (exact) mass is 258 g/mol. The molecule has 0 amide bonds. The summed E-state index contributed by atoms with van der Waals surface area (Å²) < 4.78 is 1.90. The van der Waals surface area contributed by atoms with Crippen LogP contribution in [0.3, 0.4) is 0 Å². The summed E-state index contributed by atoms with van der Waals surface area (Å²) in [5, 5.41) is 4.22. The molecule has 0 saturated carbocycles. The van der Waals surface area contributed by atoms with Gasteiger partial charge in [-0.15, -0.1) is 0 Å². The van der Waals surface area contributed by atoms with Crippen molar-refractivity contribution < 1.29 is 0 Å². The Morgan fingerprint density at radius 1 is 1.26 bits per heavy atom. The zero-order valence-electron chi connectivity index (χ0n) is 11.7. The van der Waals surface area contributed by atoms with Crippen molar-refractivity contribution >= 4 is 5.69 Å². The number of rotatable bonds is 6. The lowest BCUT2D eigenvalue weighted by Gasteiger charge is -2.26. The van der Waals surface area contributed by atoms with E-state index in [2.05, 4.69) is 54.2 Å². The van der Waals surface area contributed by atoms with Crippen molar-refractivity contribution in [2.24, 2.45) is 0 Å². The highest BCUT2D eigenvalue weighted by Crippen LogP contribution is 2.08. The van der Waals surface area contributed by atoms with E-state index >= 15 is 0 Å². The third-order valence-corrected chi connectivity index (χ3v) is 3.23. The van der Waals surface area contributed by atoms with E-state index in [1.54, 1.807) is 6.20 Å². The molecule has 0 fully saturated rings. The van der Waals surface area contributed by atoms with Crippen molar-refractivity contribution in [3.05, 3.63) is 48.3 Å². The lowest BCUT2D eigenvalue weighted by molar-refractivity contribution is 0.201. The Bertz CT molecular complexity index is 490. The summed E-state index contributed by atoms with van der Waals surface area (Å²) in [7, 11) is 0. The molecule has 0 unspecified atom stereocenters. The maximum atomic E-state index is 5.67. The molecule has 1 aromatic carbocycles. The quantitative estimate of drug-likeness (QED) is 0.865. The maximum absolute atomic E-state index is 5.67. The van der Waals surface area contributed by atoms with Crippen LogP contribution in [0.2, 0.25) is 0 Å². The van der Waals surface area contributed by atoms with Gasteiger partial charge in [0.15, 0.2) is 0 Å². The average molecular weight is 258 g/mol. The normalized spacial score (nSPS) is 11.4. The van der Waals surface area contributed by atoms with Crippen molar-refractivity contribution in [1.29, 1.82) is 0 Å². The minimum atomic E-state index is 0.508. The number of nitrogen functional groups attached to an aromatic ring is 1. The second-order valence-electron chi connectivity index (χ2n) is 5.09. The number of hydrogen-bond acceptors (Lipinski definition) is 3. The first-order chi connectivity index (χ1) is 9.15. The molecule has 0 aliphatic rings. The van der Waals surface area contributed by atoms with E-state index in [9.17, 15) is 0 Å². The molecule has 2 rings (SSSR count). The number of aromatic nitrogens is 2. The number of nitrogens with two attached hydrogens (primary N) is 1. The first-order valence-electron chi connectivity index (χ1n) is 6.71. The second kappa shape index (κ2) is 6.38. The summed E-state index contributed by atoms with van der Waals surface area (Å²) >= 11 is 0. The molecule has 0 aliphatic heterocycles. The van der Waals surface area contributed by atoms with Gasteiger partial charge in [0.05, 0.1) is 18.4 Å². The van der Waals surface area contributed by atoms with Gasteiger partial charge in [-0.3, -0.25) is 9.58 Å². The van der Waals surface area contributed by atoms with E-state index in [1.165, 1.54) is 5.56 Å². The Balaban J connectivity index is 1.93. The predicted molar refractivity (Wildman–Crippen MR) is 78.6 cm³/mol. The van der Waals surface area contributed by atoms with E-state index in [-0.39, 0.29) is 0 Å². The van der Waals surface area contributed by atoms with Crippen LogP contribution in [0.25, 0.3) is 0 Å². The van der Waals surface area contributed by atoms with E-state index < -0.39 is 0 Å². The summed E-state index contributed by atoms with van der Waals surface area (Å²) in [5.41, 5.74) is 7.74. The Kier molecular flexibility index (Phi) is 4.58. The Hall–Kier alpha value is -1.81. The molecule has 19 heavy (non-hydrogen) atoms. The van der Waals surface area contributed by atoms with Crippen LogP contribution in [0, 0.1) is 0 Å². The van der Waals surface area contributed by atoms with Crippen LogP contribution in [0.5, 0.6) is 0 Å². The topological polar surface area (TPSA) is 47.1 Å². The van der Waals surface area contributed by atoms with Crippen LogP contribution < -0.4 is 5.73 Å². The molecule has 4 nitrogen and oxygen atoms in total. The van der Waals surface area contributed by atoms with Gasteiger partial charge < -0.3 is 5.73 Å². The van der Waals surface area contributed by atoms with E-state index in [0.29, 0.717) is 6.04 Å². The van der Waals surface area contributed by atoms with Gasteiger partial charge >= 0.3 is 0 Å². The molecular weight excluding hydrogens is 236 g/mol. The van der Waals surface area contributed by atoms with Gasteiger partial charge in [0.25, 0.3) is 0 Å². The van der Waals surface area contributed by atoms with Gasteiger partial charge in [0.1, 0.15) is 0 Å². The molecule has 2 aromatic rings. The minimum absolute atomic E-state index is 0.508. The Morgan fingerprint density at radius 2 is 2.00 bits per heavy atom. The molecule has 0 radical (unpaired) electrons. The first kappa shape index (κ1) is 13.6. The van der Waals surface area contributed by atoms with Gasteiger partial charge in [-0.2, -0.15) is 5.10 Å². The number of hydrogen-bond donors (Lipinski definition) is 1. The largest absolute Gasteiger partial charge is 0.396 e. The van der Waals surface area contributed by atoms with Crippen molar-refractivity contribution in [3.63, 3.8) is 0 Å². The highest BCUT2D eigenvalue weighted by Gasteiger charge is 2.10. The maximum Gasteiger partial charge on any atom is 0.0719 e. The summed E-state index contributed by atoms with van der Waals surface area (Å²) in [6.45, 7) is 7.24. The van der Waals surface area contributed by atoms with Crippen molar-refractivity contribution in [3.8, 4) is 0 Å². The van der Waals surface area contributed by atoms with Crippen LogP contribution in [0.1, 0.15) is 19.4 Å². The summed E-state index contributed by atoms with van der Waals surface area (Å²) in [6.07, 6.45) is 3.57. The zero-order chi connectivity index (χ0) is 13.7. The highest BCUT2D eigenvalue weighted by atomic mass is 15.3. The van der Waals surface area contributed by atoms with Gasteiger partial charge in [-0.25, -0.2) is 0 Å². The first-order valence-corrected chi connectivity index (χ1v) is 6.71. The zero-order valence-corrected chi connectivity index (χ0v) is 11.7. The molecule has 0 atom stereocenters. The molecule has 1 aromatic heterocycles. The van der Waals surface area contributed by atoms with Crippen LogP contribution >= 0.6 is 0 Å². The van der Waals surface area contributed by atoms with Crippen molar-refractivity contribution in [1.82, 2.24) is 14.7 Å². The van der Waals surface area contributed by atoms with Gasteiger partial charge in [0.2, 0.25) is 0 Å². The summed E-state index contributed by atoms with van der Waals surface area (Å²) in [4.78, 5) is 2.44. The summed E-state index contributed by atoms with van der Waals surface area (Å²) in [5.74, 6) is 0. The van der Waals surface area contributed by atoms with E-state index in [1.807, 2.05) is 10.9 Å². The molecule has 0 bridgehead atoms. The molecule has 0 aliphatic carbocycles. The molecule has 4 heteroatoms. The minimum Gasteiger partial charge on any atom is -0.396 e. The van der Waals surface area contributed by atoms with Crippen molar-refractivity contribution in [2.75, 3.05) is 12.3 Å². The number of nitrogens with zero attached hydrogens (tertiary/aromatic N) is 3. The van der Waals surface area contributed by atoms with Crippen LogP contribution in [0.15, 0.2) is 42.7 Å². The number of anilines is 1. The molecule has 0 spiro atoms. The third kappa shape index (κ3) is 4.10. The summed E-state index contributed by atoms with van der Waals surface area (Å²) in [6, 6.07) is 11.1. The second-order valence-corrected chi connectivity index (χ2v) is 5.09.